The Morgan fingerprint density at radius 3 is 1.81 bits per heavy atom. The summed E-state index contributed by atoms with van der Waals surface area (Å²) in [6, 6.07) is 16.2. The predicted octanol–water partition coefficient (Wildman–Crippen LogP) is 11.1. The molecule has 0 heterocycles. The van der Waals surface area contributed by atoms with Gasteiger partial charge in [-0.25, -0.2) is 18.8 Å². The highest BCUT2D eigenvalue weighted by molar-refractivity contribution is 5.88. The van der Waals surface area contributed by atoms with Gasteiger partial charge in [0.1, 0.15) is 31.4 Å². The number of rotatable bonds is 26. The third-order valence-electron chi connectivity index (χ3n) is 12.4. The number of carbonyl (C=O) groups is 3. The number of nitrogens with two attached hydrogens (primary N) is 2. The van der Waals surface area contributed by atoms with Gasteiger partial charge in [-0.05, 0) is 154 Å². The minimum absolute atomic E-state index is 0.0436. The van der Waals surface area contributed by atoms with Crippen LogP contribution in [0.25, 0.3) is 22.3 Å². The van der Waals surface area contributed by atoms with E-state index in [1.54, 1.807) is 26.8 Å². The number of ether oxygens (including phenoxy) is 4. The molecule has 0 amide bonds. The highest BCUT2D eigenvalue weighted by atomic mass is 19.1. The van der Waals surface area contributed by atoms with Gasteiger partial charge >= 0.3 is 17.9 Å². The van der Waals surface area contributed by atoms with Crippen molar-refractivity contribution in [3.8, 4) is 28.0 Å². The fourth-order valence-electron chi connectivity index (χ4n) is 8.33. The summed E-state index contributed by atoms with van der Waals surface area (Å²) in [5.74, 6) is -0.0770. The van der Waals surface area contributed by atoms with Crippen molar-refractivity contribution in [3.63, 3.8) is 0 Å². The molecule has 1 aliphatic rings. The molecule has 1 aliphatic carbocycles. The smallest absolute Gasteiger partial charge is 0.333 e. The van der Waals surface area contributed by atoms with Gasteiger partial charge in [0.05, 0.1) is 12.0 Å². The lowest BCUT2D eigenvalue weighted by atomic mass is 9.77. The Morgan fingerprint density at radius 2 is 1.27 bits per heavy atom. The van der Waals surface area contributed by atoms with Gasteiger partial charge in [0, 0.05) is 28.8 Å². The highest BCUT2D eigenvalue weighted by Crippen LogP contribution is 2.41. The van der Waals surface area contributed by atoms with E-state index in [2.05, 4.69) is 57.8 Å². The number of hydrogen-bond acceptors (Lipinski definition) is 9. The van der Waals surface area contributed by atoms with Crippen molar-refractivity contribution in [3.05, 3.63) is 113 Å². The van der Waals surface area contributed by atoms with Gasteiger partial charge in [-0.3, -0.25) is 0 Å². The fraction of sp³-hybridized carbons (Fsp3) is 0.500. The lowest BCUT2D eigenvalue weighted by Gasteiger charge is -2.32. The van der Waals surface area contributed by atoms with Gasteiger partial charge < -0.3 is 30.4 Å². The maximum Gasteiger partial charge on any atom is 0.333 e. The average molecular weight is 881 g/mol. The zero-order chi connectivity index (χ0) is 46.8. The molecule has 0 radical (unpaired) electrons. The third-order valence-corrected chi connectivity index (χ3v) is 12.4. The van der Waals surface area contributed by atoms with Crippen molar-refractivity contribution >= 4 is 17.9 Å². The molecule has 1 saturated carbocycles. The van der Waals surface area contributed by atoms with Gasteiger partial charge in [-0.1, -0.05) is 89.6 Å². The van der Waals surface area contributed by atoms with Crippen LogP contribution in [0.2, 0.25) is 0 Å². The Hall–Kier alpha value is -5.06. The van der Waals surface area contributed by atoms with Crippen molar-refractivity contribution in [1.82, 2.24) is 0 Å². The zero-order valence-corrected chi connectivity index (χ0v) is 39.2. The number of aryl methyl sites for hydroxylation is 3. The van der Waals surface area contributed by atoms with Gasteiger partial charge in [-0.2, -0.15) is 0 Å². The van der Waals surface area contributed by atoms with E-state index in [4.69, 9.17) is 30.4 Å². The molecule has 3 aromatic carbocycles. The second kappa shape index (κ2) is 25.4. The van der Waals surface area contributed by atoms with Crippen LogP contribution in [0.5, 0.6) is 5.75 Å². The molecule has 9 nitrogen and oxygen atoms in total. The van der Waals surface area contributed by atoms with E-state index in [1.165, 1.54) is 38.5 Å². The first-order valence-corrected chi connectivity index (χ1v) is 23.2. The van der Waals surface area contributed by atoms with E-state index < -0.39 is 23.3 Å². The van der Waals surface area contributed by atoms with Crippen LogP contribution in [0.1, 0.15) is 127 Å². The Balaban J connectivity index is 1.70. The molecular weight excluding hydrogens is 808 g/mol. The molecule has 0 atom stereocenters. The van der Waals surface area contributed by atoms with Crippen molar-refractivity contribution in [1.29, 1.82) is 0 Å². The van der Waals surface area contributed by atoms with E-state index in [0.29, 0.717) is 61.5 Å². The van der Waals surface area contributed by atoms with Crippen LogP contribution in [0, 0.1) is 17.2 Å². The lowest BCUT2D eigenvalue weighted by Crippen LogP contribution is -2.46. The first-order valence-electron chi connectivity index (χ1n) is 23.2. The number of esters is 3. The third kappa shape index (κ3) is 14.7. The topological polar surface area (TPSA) is 140 Å². The summed E-state index contributed by atoms with van der Waals surface area (Å²) in [7, 11) is 0. The van der Waals surface area contributed by atoms with E-state index in [0.717, 1.165) is 57.7 Å². The van der Waals surface area contributed by atoms with Crippen LogP contribution in [0.4, 0.5) is 4.39 Å². The van der Waals surface area contributed by atoms with Crippen molar-refractivity contribution < 1.29 is 37.7 Å². The summed E-state index contributed by atoms with van der Waals surface area (Å²) in [5.41, 5.74) is 19.2. The second-order valence-electron chi connectivity index (χ2n) is 17.9. The summed E-state index contributed by atoms with van der Waals surface area (Å²) in [6.45, 7) is 20.2. The Bertz CT molecular complexity index is 2070. The number of hydrogen-bond donors (Lipinski definition) is 2. The molecular formula is C54H73FN2O7. The minimum Gasteiger partial charge on any atom is -0.492 e. The average Bonchev–Trinajstić information content (AvgIpc) is 3.29. The van der Waals surface area contributed by atoms with Crippen LogP contribution in [-0.4, -0.2) is 57.4 Å². The van der Waals surface area contributed by atoms with E-state index in [-0.39, 0.29) is 49.9 Å². The molecule has 4 rings (SSSR count). The SMILES string of the molecule is C=C(C)C(=O)OCCCc1cc(-c2ccc(-c3ccc(C4CCC(CCCCC)CC4)cc3F)c(CC)c2)cc(CCCN)c1OCC(CN)(COC(=O)C(=C)C)COC(=O)C(=C)C. The summed E-state index contributed by atoms with van der Waals surface area (Å²) >= 11 is 0. The summed E-state index contributed by atoms with van der Waals surface area (Å²) in [5, 5.41) is 0. The highest BCUT2D eigenvalue weighted by Gasteiger charge is 2.35. The lowest BCUT2D eigenvalue weighted by molar-refractivity contribution is -0.150. The van der Waals surface area contributed by atoms with Crippen LogP contribution >= 0.6 is 0 Å². The zero-order valence-electron chi connectivity index (χ0n) is 39.2. The predicted molar refractivity (Wildman–Crippen MR) is 255 cm³/mol. The van der Waals surface area contributed by atoms with Crippen molar-refractivity contribution in [2.75, 3.05) is 39.5 Å². The summed E-state index contributed by atoms with van der Waals surface area (Å²) in [6.07, 6.45) is 12.8. The number of halogens is 1. The number of benzene rings is 3. The summed E-state index contributed by atoms with van der Waals surface area (Å²) < 4.78 is 39.5. The van der Waals surface area contributed by atoms with Gasteiger partial charge in [0.25, 0.3) is 0 Å². The van der Waals surface area contributed by atoms with E-state index in [1.807, 2.05) is 18.2 Å². The second-order valence-corrected chi connectivity index (χ2v) is 17.9. The molecule has 10 heteroatoms. The number of carbonyl (C=O) groups excluding carboxylic acids is 3. The molecule has 0 aliphatic heterocycles. The Kier molecular flexibility index (Phi) is 20.5. The van der Waals surface area contributed by atoms with Crippen molar-refractivity contribution in [2.45, 2.75) is 124 Å². The number of unbranched alkanes of at least 4 members (excludes halogenated alkanes) is 2. The Morgan fingerprint density at radius 1 is 0.688 bits per heavy atom. The fourth-order valence-corrected chi connectivity index (χ4v) is 8.33. The monoisotopic (exact) mass is 881 g/mol. The summed E-state index contributed by atoms with van der Waals surface area (Å²) in [4.78, 5) is 37.3. The quantitative estimate of drug-likeness (QED) is 0.0349. The first-order chi connectivity index (χ1) is 30.6. The maximum atomic E-state index is 16.1. The molecule has 0 unspecified atom stereocenters. The molecule has 3 aromatic rings. The molecule has 0 spiro atoms. The molecule has 4 N–H and O–H groups in total. The normalized spacial score (nSPS) is 15.0. The first kappa shape index (κ1) is 51.6. The van der Waals surface area contributed by atoms with Gasteiger partial charge in [0.2, 0.25) is 0 Å². The van der Waals surface area contributed by atoms with Crippen LogP contribution < -0.4 is 16.2 Å². The molecule has 348 valence electrons. The van der Waals surface area contributed by atoms with Gasteiger partial charge in [-0.15, -0.1) is 0 Å². The van der Waals surface area contributed by atoms with E-state index >= 15 is 4.39 Å². The minimum atomic E-state index is -1.12. The van der Waals surface area contributed by atoms with Crippen LogP contribution in [0.3, 0.4) is 0 Å². The molecule has 0 bridgehead atoms. The molecule has 0 aromatic heterocycles. The van der Waals surface area contributed by atoms with E-state index in [9.17, 15) is 14.4 Å². The standard InChI is InChI=1S/C54H73FN2O7/c1-9-11-12-15-39-18-20-41(21-19-39)43-23-25-48(49(55)31-43)47-24-22-42(28-40(47)10-2)46-29-44(16-13-26-56)50(45(30-46)17-14-27-61-51(58)36(3)4)62-33-54(32-57,34-63-52(59)37(5)6)35-64-53(60)38(7)8/h22-25,28-31,39,41H,3,5,7,9-21,26-27,32-35,56-57H2,1-2,4,6,8H3. The largest absolute Gasteiger partial charge is 0.492 e. The Labute approximate surface area is 381 Å². The van der Waals surface area contributed by atoms with Crippen LogP contribution in [-0.2, 0) is 47.9 Å². The van der Waals surface area contributed by atoms with Gasteiger partial charge in [0.15, 0.2) is 0 Å². The molecule has 64 heavy (non-hydrogen) atoms. The maximum absolute atomic E-state index is 16.1. The van der Waals surface area contributed by atoms with Crippen LogP contribution in [0.15, 0.2) is 85.0 Å². The molecule has 1 fully saturated rings. The molecule has 0 saturated heterocycles. The van der Waals surface area contributed by atoms with Crippen molar-refractivity contribution in [2.24, 2.45) is 22.8 Å².